The van der Waals surface area contributed by atoms with Crippen LogP contribution in [0.3, 0.4) is 0 Å². The molecule has 0 radical (unpaired) electrons. The van der Waals surface area contributed by atoms with Gasteiger partial charge in [-0.3, -0.25) is 4.79 Å². The summed E-state index contributed by atoms with van der Waals surface area (Å²) in [6.07, 6.45) is 6.82. The van der Waals surface area contributed by atoms with Crippen molar-refractivity contribution in [1.82, 2.24) is 25.1 Å². The Bertz CT molecular complexity index is 933. The molecule has 1 aliphatic heterocycles. The molecule has 1 amide bonds. The second-order valence-electron chi connectivity index (χ2n) is 6.69. The zero-order valence-electron chi connectivity index (χ0n) is 14.9. The highest BCUT2D eigenvalue weighted by Crippen LogP contribution is 2.25. The number of rotatable bonds is 5. The van der Waals surface area contributed by atoms with Gasteiger partial charge in [0.25, 0.3) is 0 Å². The first kappa shape index (κ1) is 17.4. The van der Waals surface area contributed by atoms with Gasteiger partial charge in [0.1, 0.15) is 24.5 Å². The number of nitrogens with one attached hydrogen (secondary N) is 1. The number of carbonyl (C=O) groups excluding carboxylic acids is 1. The lowest BCUT2D eigenvalue weighted by Crippen LogP contribution is -2.30. The summed E-state index contributed by atoms with van der Waals surface area (Å²) in [6, 6.07) is 6.05. The van der Waals surface area contributed by atoms with Crippen molar-refractivity contribution in [2.45, 2.75) is 32.4 Å². The third kappa shape index (κ3) is 3.89. The summed E-state index contributed by atoms with van der Waals surface area (Å²) in [5.74, 6) is 0.414. The number of benzene rings is 1. The molecule has 1 fully saturated rings. The summed E-state index contributed by atoms with van der Waals surface area (Å²) >= 11 is 0. The van der Waals surface area contributed by atoms with E-state index in [0.29, 0.717) is 12.2 Å². The minimum absolute atomic E-state index is 0.0706. The Morgan fingerprint density at radius 3 is 2.67 bits per heavy atom. The number of aromatic nitrogens is 4. The van der Waals surface area contributed by atoms with Crippen molar-refractivity contribution in [2.75, 3.05) is 18.0 Å². The number of fused-ring (bicyclic) bond motifs is 1. The molecule has 1 N–H and O–H groups in total. The van der Waals surface area contributed by atoms with E-state index in [0.717, 1.165) is 42.7 Å². The highest BCUT2D eigenvalue weighted by Gasteiger charge is 2.18. The number of anilines is 1. The van der Waals surface area contributed by atoms with E-state index in [4.69, 9.17) is 0 Å². The predicted octanol–water partition coefficient (Wildman–Crippen LogP) is 2.27. The van der Waals surface area contributed by atoms with Crippen LogP contribution >= 0.6 is 0 Å². The minimum Gasteiger partial charge on any atom is -0.356 e. The number of carbonyl (C=O) groups is 1. The predicted molar refractivity (Wildman–Crippen MR) is 99.6 cm³/mol. The van der Waals surface area contributed by atoms with E-state index in [1.807, 2.05) is 0 Å². The van der Waals surface area contributed by atoms with Crippen LogP contribution in [0.25, 0.3) is 11.0 Å². The average Bonchev–Trinajstić information content (AvgIpc) is 3.11. The van der Waals surface area contributed by atoms with Gasteiger partial charge in [-0.05, 0) is 37.0 Å². The molecule has 3 aromatic rings. The Balaban J connectivity index is 1.45. The number of hydrogen-bond donors (Lipinski definition) is 1. The quantitative estimate of drug-likeness (QED) is 0.748. The second kappa shape index (κ2) is 7.69. The van der Waals surface area contributed by atoms with Gasteiger partial charge >= 0.3 is 0 Å². The van der Waals surface area contributed by atoms with E-state index in [-0.39, 0.29) is 18.3 Å². The maximum absolute atomic E-state index is 12.9. The van der Waals surface area contributed by atoms with E-state index in [2.05, 4.69) is 25.3 Å². The van der Waals surface area contributed by atoms with Gasteiger partial charge in [0.2, 0.25) is 5.91 Å². The average molecular weight is 368 g/mol. The van der Waals surface area contributed by atoms with E-state index in [9.17, 15) is 9.18 Å². The third-order valence-corrected chi connectivity index (χ3v) is 4.76. The number of halogens is 1. The Morgan fingerprint density at radius 2 is 1.89 bits per heavy atom. The Morgan fingerprint density at radius 1 is 1.11 bits per heavy atom. The smallest absolute Gasteiger partial charge is 0.242 e. The van der Waals surface area contributed by atoms with Crippen molar-refractivity contribution in [3.63, 3.8) is 0 Å². The molecular formula is C19H21FN6O. The van der Waals surface area contributed by atoms with Gasteiger partial charge in [0.05, 0.1) is 11.6 Å². The zero-order chi connectivity index (χ0) is 18.6. The van der Waals surface area contributed by atoms with Gasteiger partial charge in [-0.25, -0.2) is 19.0 Å². The highest BCUT2D eigenvalue weighted by atomic mass is 19.1. The molecule has 0 bridgehead atoms. The SMILES string of the molecule is O=C(Cn1ncc2c(N3CCCCC3)ncnc21)NCc1ccc(F)cc1. The summed E-state index contributed by atoms with van der Waals surface area (Å²) in [5.41, 5.74) is 1.49. The summed E-state index contributed by atoms with van der Waals surface area (Å²) in [6.45, 7) is 2.37. The van der Waals surface area contributed by atoms with Crippen LogP contribution in [0.1, 0.15) is 24.8 Å². The fourth-order valence-electron chi connectivity index (χ4n) is 3.35. The maximum Gasteiger partial charge on any atom is 0.242 e. The van der Waals surface area contributed by atoms with Crippen molar-refractivity contribution >= 4 is 22.8 Å². The van der Waals surface area contributed by atoms with Crippen LogP contribution in [-0.2, 0) is 17.9 Å². The normalized spacial score (nSPS) is 14.5. The van der Waals surface area contributed by atoms with Crippen molar-refractivity contribution < 1.29 is 9.18 Å². The van der Waals surface area contributed by atoms with Gasteiger partial charge in [0.15, 0.2) is 5.65 Å². The molecule has 4 rings (SSSR count). The molecule has 0 unspecified atom stereocenters. The molecule has 2 aromatic heterocycles. The Labute approximate surface area is 156 Å². The first-order valence-corrected chi connectivity index (χ1v) is 9.13. The van der Waals surface area contributed by atoms with Crippen LogP contribution in [0, 0.1) is 5.82 Å². The molecule has 0 atom stereocenters. The van der Waals surface area contributed by atoms with Crippen molar-refractivity contribution in [3.8, 4) is 0 Å². The first-order valence-electron chi connectivity index (χ1n) is 9.13. The van der Waals surface area contributed by atoms with Gasteiger partial charge in [-0.1, -0.05) is 12.1 Å². The number of hydrogen-bond acceptors (Lipinski definition) is 5. The monoisotopic (exact) mass is 368 g/mol. The topological polar surface area (TPSA) is 75.9 Å². The fraction of sp³-hybridized carbons (Fsp3) is 0.368. The molecule has 0 aliphatic carbocycles. The summed E-state index contributed by atoms with van der Waals surface area (Å²) in [5, 5.41) is 8.02. The molecular weight excluding hydrogens is 347 g/mol. The molecule has 0 saturated carbocycles. The lowest BCUT2D eigenvalue weighted by atomic mass is 10.1. The number of nitrogens with zero attached hydrogens (tertiary/aromatic N) is 5. The van der Waals surface area contributed by atoms with Crippen LogP contribution in [0.15, 0.2) is 36.8 Å². The van der Waals surface area contributed by atoms with Gasteiger partial charge in [-0.15, -0.1) is 0 Å². The first-order chi connectivity index (χ1) is 13.2. The van der Waals surface area contributed by atoms with E-state index in [1.165, 1.54) is 24.9 Å². The van der Waals surface area contributed by atoms with E-state index in [1.54, 1.807) is 23.0 Å². The van der Waals surface area contributed by atoms with Crippen molar-refractivity contribution in [3.05, 3.63) is 48.2 Å². The number of piperidine rings is 1. The molecule has 1 aliphatic rings. The van der Waals surface area contributed by atoms with Crippen LogP contribution in [0.5, 0.6) is 0 Å². The van der Waals surface area contributed by atoms with Gasteiger partial charge in [-0.2, -0.15) is 5.10 Å². The standard InChI is InChI=1S/C19H21FN6O/c20-15-6-4-14(5-7-15)10-21-17(27)12-26-19-16(11-24-26)18(22-13-23-19)25-8-2-1-3-9-25/h4-7,11,13H,1-3,8-10,12H2,(H,21,27). The molecule has 1 aromatic carbocycles. The molecule has 1 saturated heterocycles. The molecule has 8 heteroatoms. The third-order valence-electron chi connectivity index (χ3n) is 4.76. The van der Waals surface area contributed by atoms with Crippen molar-refractivity contribution in [2.24, 2.45) is 0 Å². The Kier molecular flexibility index (Phi) is 4.95. The molecule has 140 valence electrons. The fourth-order valence-corrected chi connectivity index (χ4v) is 3.35. The lowest BCUT2D eigenvalue weighted by Gasteiger charge is -2.27. The van der Waals surface area contributed by atoms with Crippen molar-refractivity contribution in [1.29, 1.82) is 0 Å². The number of amides is 1. The lowest BCUT2D eigenvalue weighted by molar-refractivity contribution is -0.121. The van der Waals surface area contributed by atoms with Gasteiger partial charge in [0, 0.05) is 19.6 Å². The van der Waals surface area contributed by atoms with E-state index >= 15 is 0 Å². The van der Waals surface area contributed by atoms with Crippen LogP contribution in [0.4, 0.5) is 10.2 Å². The molecule has 7 nitrogen and oxygen atoms in total. The van der Waals surface area contributed by atoms with Crippen LogP contribution in [0.2, 0.25) is 0 Å². The van der Waals surface area contributed by atoms with Gasteiger partial charge < -0.3 is 10.2 Å². The summed E-state index contributed by atoms with van der Waals surface area (Å²) in [7, 11) is 0. The molecule has 3 heterocycles. The minimum atomic E-state index is -0.294. The van der Waals surface area contributed by atoms with Crippen LogP contribution < -0.4 is 10.2 Å². The van der Waals surface area contributed by atoms with Crippen LogP contribution in [-0.4, -0.2) is 38.7 Å². The highest BCUT2D eigenvalue weighted by molar-refractivity contribution is 5.87. The van der Waals surface area contributed by atoms with E-state index < -0.39 is 0 Å². The Hall–Kier alpha value is -3.03. The zero-order valence-corrected chi connectivity index (χ0v) is 14.9. The largest absolute Gasteiger partial charge is 0.356 e. The molecule has 0 spiro atoms. The second-order valence-corrected chi connectivity index (χ2v) is 6.69. The maximum atomic E-state index is 12.9. The summed E-state index contributed by atoms with van der Waals surface area (Å²) in [4.78, 5) is 23.3. The molecule has 27 heavy (non-hydrogen) atoms. The summed E-state index contributed by atoms with van der Waals surface area (Å²) < 4.78 is 14.5.